The van der Waals surface area contributed by atoms with Gasteiger partial charge in [-0.25, -0.2) is 0 Å². The third kappa shape index (κ3) is 2.89. The van der Waals surface area contributed by atoms with Crippen LogP contribution in [-0.4, -0.2) is 11.2 Å². The van der Waals surface area contributed by atoms with Gasteiger partial charge in [0.2, 0.25) is 0 Å². The summed E-state index contributed by atoms with van der Waals surface area (Å²) in [6.45, 7) is 5.78. The van der Waals surface area contributed by atoms with Crippen LogP contribution >= 0.6 is 23.2 Å². The second-order valence-corrected chi connectivity index (χ2v) is 5.76. The van der Waals surface area contributed by atoms with E-state index in [4.69, 9.17) is 28.9 Å². The van der Waals surface area contributed by atoms with Crippen molar-refractivity contribution in [3.63, 3.8) is 0 Å². The minimum absolute atomic E-state index is 0.301. The van der Waals surface area contributed by atoms with E-state index in [-0.39, 0.29) is 5.41 Å². The lowest BCUT2D eigenvalue weighted by Crippen LogP contribution is -2.37. The van der Waals surface area contributed by atoms with Crippen LogP contribution in [0.4, 0.5) is 0 Å². The molecule has 0 radical (unpaired) electrons. The zero-order valence-electron chi connectivity index (χ0n) is 9.67. The molecular weight excluding hydrogens is 245 g/mol. The molecule has 4 heteroatoms. The van der Waals surface area contributed by atoms with Crippen molar-refractivity contribution in [1.29, 1.82) is 0 Å². The zero-order valence-corrected chi connectivity index (χ0v) is 11.2. The number of nitrogens with two attached hydrogens (primary N) is 1. The number of benzene rings is 1. The first-order valence-corrected chi connectivity index (χ1v) is 5.88. The monoisotopic (exact) mass is 261 g/mol. The van der Waals surface area contributed by atoms with Crippen LogP contribution in [0.25, 0.3) is 0 Å². The van der Waals surface area contributed by atoms with E-state index >= 15 is 0 Å². The van der Waals surface area contributed by atoms with E-state index in [0.717, 1.165) is 0 Å². The smallest absolute Gasteiger partial charge is 0.0781 e. The number of hydrogen-bond donors (Lipinski definition) is 2. The number of hydrogen-bond acceptors (Lipinski definition) is 2. The van der Waals surface area contributed by atoms with Crippen molar-refractivity contribution in [1.82, 2.24) is 0 Å². The van der Waals surface area contributed by atoms with Crippen LogP contribution in [0.5, 0.6) is 0 Å². The maximum Gasteiger partial charge on any atom is 0.0781 e. The van der Waals surface area contributed by atoms with Crippen LogP contribution in [0.2, 0.25) is 10.0 Å². The summed E-state index contributed by atoms with van der Waals surface area (Å²) < 4.78 is 0. The van der Waals surface area contributed by atoms with Gasteiger partial charge in [0.25, 0.3) is 0 Å². The molecule has 3 N–H and O–H groups in total. The molecule has 0 saturated carbocycles. The molecule has 0 amide bonds. The summed E-state index contributed by atoms with van der Waals surface area (Å²) in [5, 5.41) is 11.0. The molecule has 2 atom stereocenters. The Balaban J connectivity index is 3.06. The molecule has 90 valence electrons. The molecule has 2 nitrogen and oxygen atoms in total. The lowest BCUT2D eigenvalue weighted by molar-refractivity contribution is 0.0401. The second kappa shape index (κ2) is 4.92. The van der Waals surface area contributed by atoms with Gasteiger partial charge in [-0.15, -0.1) is 0 Å². The Morgan fingerprint density at radius 2 is 1.81 bits per heavy atom. The average Bonchev–Trinajstić information content (AvgIpc) is 2.18. The van der Waals surface area contributed by atoms with Gasteiger partial charge in [-0.3, -0.25) is 0 Å². The maximum absolute atomic E-state index is 10.1. The van der Waals surface area contributed by atoms with Gasteiger partial charge in [0.05, 0.1) is 22.2 Å². The summed E-state index contributed by atoms with van der Waals surface area (Å²) in [7, 11) is 0. The molecule has 0 saturated heterocycles. The van der Waals surface area contributed by atoms with Crippen molar-refractivity contribution < 1.29 is 5.11 Å². The average molecular weight is 262 g/mol. The number of halogens is 2. The van der Waals surface area contributed by atoms with E-state index in [1.54, 1.807) is 18.2 Å². The second-order valence-electron chi connectivity index (χ2n) is 4.98. The van der Waals surface area contributed by atoms with Crippen LogP contribution in [0.3, 0.4) is 0 Å². The zero-order chi connectivity index (χ0) is 12.5. The molecule has 0 aliphatic rings. The molecule has 1 rings (SSSR count). The molecule has 0 heterocycles. The molecule has 0 aliphatic carbocycles. The molecule has 0 aliphatic heterocycles. The SMILES string of the molecule is CC(C)(C)[C@@H](O)[C@@H](N)c1cccc(Cl)c1Cl. The predicted molar refractivity (Wildman–Crippen MR) is 68.9 cm³/mol. The molecule has 1 aromatic carbocycles. The van der Waals surface area contributed by atoms with Crippen LogP contribution in [-0.2, 0) is 0 Å². The summed E-state index contributed by atoms with van der Waals surface area (Å²) >= 11 is 12.0. The Morgan fingerprint density at radius 3 is 2.31 bits per heavy atom. The summed E-state index contributed by atoms with van der Waals surface area (Å²) in [6.07, 6.45) is -0.677. The van der Waals surface area contributed by atoms with E-state index in [1.165, 1.54) is 0 Å². The number of aliphatic hydroxyl groups excluding tert-OH is 1. The minimum Gasteiger partial charge on any atom is -0.391 e. The Labute approximate surface area is 106 Å². The summed E-state index contributed by atoms with van der Waals surface area (Å²) in [5.74, 6) is 0. The number of rotatable bonds is 2. The fourth-order valence-corrected chi connectivity index (χ4v) is 1.92. The topological polar surface area (TPSA) is 46.2 Å². The highest BCUT2D eigenvalue weighted by Gasteiger charge is 2.30. The maximum atomic E-state index is 10.1. The van der Waals surface area contributed by atoms with Crippen LogP contribution < -0.4 is 5.73 Å². The molecule has 0 spiro atoms. The Morgan fingerprint density at radius 1 is 1.25 bits per heavy atom. The molecule has 0 aromatic heterocycles. The van der Waals surface area contributed by atoms with Crippen molar-refractivity contribution >= 4 is 23.2 Å². The van der Waals surface area contributed by atoms with Gasteiger partial charge in [-0.1, -0.05) is 56.1 Å². The van der Waals surface area contributed by atoms with Crippen molar-refractivity contribution in [3.05, 3.63) is 33.8 Å². The highest BCUT2D eigenvalue weighted by atomic mass is 35.5. The number of aliphatic hydroxyl groups is 1. The van der Waals surface area contributed by atoms with Crippen molar-refractivity contribution in [3.8, 4) is 0 Å². The largest absolute Gasteiger partial charge is 0.391 e. The van der Waals surface area contributed by atoms with Gasteiger partial charge < -0.3 is 10.8 Å². The Bertz CT molecular complexity index is 374. The summed E-state index contributed by atoms with van der Waals surface area (Å²) in [5.41, 5.74) is 6.38. The fourth-order valence-electron chi connectivity index (χ4n) is 1.49. The van der Waals surface area contributed by atoms with Gasteiger partial charge in [0.15, 0.2) is 0 Å². The van der Waals surface area contributed by atoms with Crippen molar-refractivity contribution in [2.75, 3.05) is 0 Å². The van der Waals surface area contributed by atoms with Gasteiger partial charge in [0.1, 0.15) is 0 Å². The Kier molecular flexibility index (Phi) is 4.24. The lowest BCUT2D eigenvalue weighted by Gasteiger charge is -2.31. The van der Waals surface area contributed by atoms with Crippen LogP contribution in [0, 0.1) is 5.41 Å². The summed E-state index contributed by atoms with van der Waals surface area (Å²) in [4.78, 5) is 0. The molecule has 0 fully saturated rings. The first-order chi connectivity index (χ1) is 7.25. The third-order valence-corrected chi connectivity index (χ3v) is 3.40. The van der Waals surface area contributed by atoms with Crippen LogP contribution in [0.1, 0.15) is 32.4 Å². The van der Waals surface area contributed by atoms with Crippen molar-refractivity contribution in [2.24, 2.45) is 11.1 Å². The van der Waals surface area contributed by atoms with E-state index in [0.29, 0.717) is 15.6 Å². The normalized spacial score (nSPS) is 15.9. The predicted octanol–water partition coefficient (Wildman–Crippen LogP) is 3.40. The van der Waals surface area contributed by atoms with Gasteiger partial charge in [-0.2, -0.15) is 0 Å². The third-order valence-electron chi connectivity index (χ3n) is 2.57. The molecule has 1 aromatic rings. The van der Waals surface area contributed by atoms with E-state index < -0.39 is 12.1 Å². The standard InChI is InChI=1S/C12H17Cl2NO/c1-12(2,3)11(16)10(15)7-5-4-6-8(13)9(7)14/h4-6,10-11,16H,15H2,1-3H3/t10-,11-/m0/s1. The van der Waals surface area contributed by atoms with Crippen molar-refractivity contribution in [2.45, 2.75) is 32.9 Å². The highest BCUT2D eigenvalue weighted by molar-refractivity contribution is 6.42. The highest BCUT2D eigenvalue weighted by Crippen LogP contribution is 2.34. The van der Waals surface area contributed by atoms with Gasteiger partial charge in [-0.05, 0) is 17.0 Å². The van der Waals surface area contributed by atoms with E-state index in [9.17, 15) is 5.11 Å². The van der Waals surface area contributed by atoms with Crippen LogP contribution in [0.15, 0.2) is 18.2 Å². The minimum atomic E-state index is -0.677. The van der Waals surface area contributed by atoms with Gasteiger partial charge >= 0.3 is 0 Å². The van der Waals surface area contributed by atoms with E-state index in [2.05, 4.69) is 0 Å². The first kappa shape index (κ1) is 13.8. The molecule has 0 unspecified atom stereocenters. The summed E-state index contributed by atoms with van der Waals surface area (Å²) in [6, 6.07) is 4.72. The lowest BCUT2D eigenvalue weighted by atomic mass is 9.82. The Hall–Kier alpha value is -0.280. The quantitative estimate of drug-likeness (QED) is 0.858. The first-order valence-electron chi connectivity index (χ1n) is 5.12. The molecule has 16 heavy (non-hydrogen) atoms. The fraction of sp³-hybridized carbons (Fsp3) is 0.500. The van der Waals surface area contributed by atoms with E-state index in [1.807, 2.05) is 20.8 Å². The molecule has 0 bridgehead atoms. The molecular formula is C12H17Cl2NO. The van der Waals surface area contributed by atoms with Gasteiger partial charge in [0, 0.05) is 0 Å².